The lowest BCUT2D eigenvalue weighted by atomic mass is 10.1. The average molecular weight is 309 g/mol. The van der Waals surface area contributed by atoms with Crippen LogP contribution in [0.1, 0.15) is 15.9 Å². The van der Waals surface area contributed by atoms with Crippen LogP contribution in [0.2, 0.25) is 0 Å². The Bertz CT molecular complexity index is 579. The van der Waals surface area contributed by atoms with Crippen molar-refractivity contribution in [3.8, 4) is 5.69 Å². The second-order valence-corrected chi connectivity index (χ2v) is 4.72. The molecule has 2 rings (SSSR count). The maximum atomic E-state index is 11.0. The Labute approximate surface area is 113 Å². The van der Waals surface area contributed by atoms with Crippen LogP contribution in [0.5, 0.6) is 0 Å². The summed E-state index contributed by atoms with van der Waals surface area (Å²) in [5.74, 6) is -0.489. The number of hydrogen-bond acceptors (Lipinski definition) is 3. The van der Waals surface area contributed by atoms with Gasteiger partial charge in [-0.25, -0.2) is 4.68 Å². The minimum atomic E-state index is -0.489. The molecule has 1 heterocycles. The summed E-state index contributed by atoms with van der Waals surface area (Å²) in [6, 6.07) is 5.90. The number of nitrogens with zero attached hydrogens (tertiary/aromatic N) is 2. The van der Waals surface area contributed by atoms with Crippen LogP contribution in [0.15, 0.2) is 35.1 Å². The van der Waals surface area contributed by atoms with Gasteiger partial charge in [0, 0.05) is 10.7 Å². The fourth-order valence-electron chi connectivity index (χ4n) is 1.64. The monoisotopic (exact) mass is 308 g/mol. The van der Waals surface area contributed by atoms with Gasteiger partial charge in [-0.3, -0.25) is 4.79 Å². The predicted octanol–water partition coefficient (Wildman–Crippen LogP) is 1.23. The van der Waals surface area contributed by atoms with Crippen LogP contribution in [0.25, 0.3) is 5.69 Å². The molecule has 18 heavy (non-hydrogen) atoms. The largest absolute Gasteiger partial charge is 0.366 e. The Kier molecular flexibility index (Phi) is 3.78. The number of amides is 1. The second kappa shape index (κ2) is 5.32. The lowest BCUT2D eigenvalue weighted by Crippen LogP contribution is -2.09. The van der Waals surface area contributed by atoms with Crippen molar-refractivity contribution in [1.29, 1.82) is 0 Å². The molecule has 0 aliphatic rings. The molecule has 5 nitrogen and oxygen atoms in total. The highest BCUT2D eigenvalue weighted by atomic mass is 79.9. The number of halogens is 1. The first kappa shape index (κ1) is 12.8. The number of carbonyl (C=O) groups is 1. The molecule has 0 atom stereocenters. The molecule has 0 fully saturated rings. The zero-order valence-corrected chi connectivity index (χ0v) is 11.2. The van der Waals surface area contributed by atoms with Crippen molar-refractivity contribution in [2.75, 3.05) is 6.54 Å². The van der Waals surface area contributed by atoms with Crippen molar-refractivity contribution in [3.63, 3.8) is 0 Å². The topological polar surface area (TPSA) is 86.9 Å². The summed E-state index contributed by atoms with van der Waals surface area (Å²) in [5, 5.41) is 4.11. The minimum Gasteiger partial charge on any atom is -0.366 e. The number of benzene rings is 1. The van der Waals surface area contributed by atoms with Crippen molar-refractivity contribution in [2.45, 2.75) is 6.42 Å². The van der Waals surface area contributed by atoms with E-state index in [4.69, 9.17) is 11.5 Å². The Morgan fingerprint density at radius 1 is 1.44 bits per heavy atom. The summed E-state index contributed by atoms with van der Waals surface area (Å²) in [4.78, 5) is 11.0. The second-order valence-electron chi connectivity index (χ2n) is 3.86. The first-order valence-corrected chi connectivity index (χ1v) is 6.24. The van der Waals surface area contributed by atoms with Crippen LogP contribution >= 0.6 is 15.9 Å². The van der Waals surface area contributed by atoms with Gasteiger partial charge in [-0.2, -0.15) is 5.10 Å². The zero-order valence-electron chi connectivity index (χ0n) is 9.64. The summed E-state index contributed by atoms with van der Waals surface area (Å²) in [6.45, 7) is 0.610. The van der Waals surface area contributed by atoms with Crippen molar-refractivity contribution < 1.29 is 4.79 Å². The Hall–Kier alpha value is -1.66. The summed E-state index contributed by atoms with van der Waals surface area (Å²) in [5.41, 5.74) is 13.1. The maximum Gasteiger partial charge on any atom is 0.251 e. The summed E-state index contributed by atoms with van der Waals surface area (Å²) in [7, 11) is 0. The van der Waals surface area contributed by atoms with Crippen LogP contribution in [0.4, 0.5) is 0 Å². The molecule has 0 unspecified atom stereocenters. The molecular weight excluding hydrogens is 296 g/mol. The lowest BCUT2D eigenvalue weighted by Gasteiger charge is -2.06. The van der Waals surface area contributed by atoms with Gasteiger partial charge in [0.2, 0.25) is 0 Å². The van der Waals surface area contributed by atoms with E-state index >= 15 is 0 Å². The molecule has 1 aromatic carbocycles. The van der Waals surface area contributed by atoms with Gasteiger partial charge in [0.15, 0.2) is 0 Å². The molecule has 94 valence electrons. The Morgan fingerprint density at radius 2 is 2.22 bits per heavy atom. The first-order valence-electron chi connectivity index (χ1n) is 5.45. The van der Waals surface area contributed by atoms with Crippen molar-refractivity contribution in [2.24, 2.45) is 11.5 Å². The molecule has 0 saturated heterocycles. The molecule has 4 N–H and O–H groups in total. The molecule has 0 spiro atoms. The van der Waals surface area contributed by atoms with E-state index in [-0.39, 0.29) is 0 Å². The fraction of sp³-hybridized carbons (Fsp3) is 0.167. The SMILES string of the molecule is NCCc1ccc(-n2cc(C(N)=O)cn2)c(Br)c1. The van der Waals surface area contributed by atoms with Gasteiger partial charge in [-0.05, 0) is 46.6 Å². The normalized spacial score (nSPS) is 10.6. The number of nitrogens with two attached hydrogens (primary N) is 2. The lowest BCUT2D eigenvalue weighted by molar-refractivity contribution is 0.100. The number of aromatic nitrogens is 2. The summed E-state index contributed by atoms with van der Waals surface area (Å²) >= 11 is 3.48. The maximum absolute atomic E-state index is 11.0. The van der Waals surface area contributed by atoms with Crippen molar-refractivity contribution >= 4 is 21.8 Å². The van der Waals surface area contributed by atoms with E-state index in [2.05, 4.69) is 21.0 Å². The molecule has 1 amide bonds. The summed E-state index contributed by atoms with van der Waals surface area (Å²) in [6.07, 6.45) is 3.87. The molecule has 0 radical (unpaired) electrons. The van der Waals surface area contributed by atoms with Gasteiger partial charge >= 0.3 is 0 Å². The molecule has 1 aromatic heterocycles. The van der Waals surface area contributed by atoms with Crippen LogP contribution in [0.3, 0.4) is 0 Å². The number of primary amides is 1. The molecule has 0 bridgehead atoms. The zero-order chi connectivity index (χ0) is 13.1. The molecule has 0 aliphatic carbocycles. The van der Waals surface area contributed by atoms with Gasteiger partial charge in [-0.15, -0.1) is 0 Å². The predicted molar refractivity (Wildman–Crippen MR) is 72.5 cm³/mol. The van der Waals surface area contributed by atoms with Crippen LogP contribution in [-0.4, -0.2) is 22.2 Å². The van der Waals surface area contributed by atoms with E-state index in [1.165, 1.54) is 6.20 Å². The standard InChI is InChI=1S/C12H13BrN4O/c13-10-5-8(3-4-14)1-2-11(10)17-7-9(6-16-17)12(15)18/h1-2,5-7H,3-4,14H2,(H2,15,18). The number of hydrogen-bond donors (Lipinski definition) is 2. The quantitative estimate of drug-likeness (QED) is 0.890. The van der Waals surface area contributed by atoms with E-state index in [0.29, 0.717) is 12.1 Å². The smallest absolute Gasteiger partial charge is 0.251 e. The third-order valence-corrected chi connectivity index (χ3v) is 3.19. The van der Waals surface area contributed by atoms with E-state index in [1.54, 1.807) is 10.9 Å². The van der Waals surface area contributed by atoms with Gasteiger partial charge < -0.3 is 11.5 Å². The van der Waals surface area contributed by atoms with Crippen LogP contribution in [-0.2, 0) is 6.42 Å². The van der Waals surface area contributed by atoms with Gasteiger partial charge in [0.1, 0.15) is 0 Å². The Morgan fingerprint density at radius 3 is 2.78 bits per heavy atom. The fourth-order valence-corrected chi connectivity index (χ4v) is 2.25. The third kappa shape index (κ3) is 2.60. The molecule has 2 aromatic rings. The first-order chi connectivity index (χ1) is 8.61. The van der Waals surface area contributed by atoms with Crippen molar-refractivity contribution in [1.82, 2.24) is 9.78 Å². The van der Waals surface area contributed by atoms with Crippen LogP contribution in [0, 0.1) is 0 Å². The highest BCUT2D eigenvalue weighted by molar-refractivity contribution is 9.10. The highest BCUT2D eigenvalue weighted by Gasteiger charge is 2.08. The molecule has 6 heteroatoms. The summed E-state index contributed by atoms with van der Waals surface area (Å²) < 4.78 is 2.50. The van der Waals surface area contributed by atoms with Gasteiger partial charge in [0.05, 0.1) is 17.4 Å². The van der Waals surface area contributed by atoms with Gasteiger partial charge in [0.25, 0.3) is 5.91 Å². The average Bonchev–Trinajstić information content (AvgIpc) is 2.79. The van der Waals surface area contributed by atoms with E-state index in [1.807, 2.05) is 18.2 Å². The Balaban J connectivity index is 2.35. The van der Waals surface area contributed by atoms with Gasteiger partial charge in [-0.1, -0.05) is 6.07 Å². The number of carbonyl (C=O) groups excluding carboxylic acids is 1. The molecular formula is C12H13BrN4O. The van der Waals surface area contributed by atoms with E-state index < -0.39 is 5.91 Å². The number of rotatable bonds is 4. The minimum absolute atomic E-state index is 0.382. The highest BCUT2D eigenvalue weighted by Crippen LogP contribution is 2.22. The van der Waals surface area contributed by atoms with Crippen molar-refractivity contribution in [3.05, 3.63) is 46.2 Å². The third-order valence-electron chi connectivity index (χ3n) is 2.56. The molecule has 0 saturated carbocycles. The molecule has 0 aliphatic heterocycles. The van der Waals surface area contributed by atoms with Crippen LogP contribution < -0.4 is 11.5 Å². The van der Waals surface area contributed by atoms with E-state index in [9.17, 15) is 4.79 Å². The van der Waals surface area contributed by atoms with E-state index in [0.717, 1.165) is 22.1 Å².